The van der Waals surface area contributed by atoms with Gasteiger partial charge >= 0.3 is 0 Å². The van der Waals surface area contributed by atoms with E-state index in [2.05, 4.69) is 0 Å². The minimum Gasteiger partial charge on any atom is -0.386 e. The van der Waals surface area contributed by atoms with Gasteiger partial charge in [0, 0.05) is 18.7 Å². The first-order valence-corrected chi connectivity index (χ1v) is 6.42. The molecule has 0 aliphatic carbocycles. The summed E-state index contributed by atoms with van der Waals surface area (Å²) in [5.74, 6) is 0. The number of aliphatic hydroxyl groups is 1. The van der Waals surface area contributed by atoms with Gasteiger partial charge in [0.25, 0.3) is 12.1 Å². The monoisotopic (exact) mass is 296 g/mol. The van der Waals surface area contributed by atoms with Crippen LogP contribution in [0.25, 0.3) is 0 Å². The van der Waals surface area contributed by atoms with Crippen molar-refractivity contribution in [3.05, 3.63) is 34.4 Å². The van der Waals surface area contributed by atoms with E-state index in [0.29, 0.717) is 0 Å². The number of aliphatic hydroxyl groups excluding tert-OH is 1. The van der Waals surface area contributed by atoms with Crippen LogP contribution in [0.2, 0.25) is 0 Å². The summed E-state index contributed by atoms with van der Waals surface area (Å²) >= 11 is 0. The Morgan fingerprint density at radius 3 is 2.26 bits per heavy atom. The molecule has 1 aromatic rings. The molecule has 1 aromatic carbocycles. The Kier molecular flexibility index (Phi) is 4.86. The number of nitrogens with one attached hydrogen (secondary N) is 1. The Morgan fingerprint density at radius 2 is 1.84 bits per heavy atom. The third kappa shape index (κ3) is 4.19. The van der Waals surface area contributed by atoms with Crippen molar-refractivity contribution in [3.63, 3.8) is 0 Å². The van der Waals surface area contributed by atoms with E-state index in [1.54, 1.807) is 4.72 Å². The molecule has 0 saturated carbocycles. The number of nitrogens with zero attached hydrogens (tertiary/aromatic N) is 1. The Labute approximate surface area is 107 Å². The Morgan fingerprint density at radius 1 is 1.32 bits per heavy atom. The predicted molar refractivity (Wildman–Crippen MR) is 60.3 cm³/mol. The number of halogens is 2. The molecule has 0 saturated heterocycles. The minimum absolute atomic E-state index is 0.299. The van der Waals surface area contributed by atoms with Crippen LogP contribution in [-0.2, 0) is 10.0 Å². The van der Waals surface area contributed by atoms with Crippen molar-refractivity contribution in [2.24, 2.45) is 0 Å². The highest BCUT2D eigenvalue weighted by atomic mass is 32.2. The van der Waals surface area contributed by atoms with Crippen molar-refractivity contribution in [1.82, 2.24) is 4.72 Å². The molecule has 106 valence electrons. The van der Waals surface area contributed by atoms with Crippen LogP contribution in [0.1, 0.15) is 0 Å². The zero-order valence-electron chi connectivity index (χ0n) is 9.36. The highest BCUT2D eigenvalue weighted by Crippen LogP contribution is 2.15. The first-order valence-electron chi connectivity index (χ1n) is 4.94. The summed E-state index contributed by atoms with van der Waals surface area (Å²) in [6.45, 7) is -0.850. The lowest BCUT2D eigenvalue weighted by molar-refractivity contribution is -0.384. The van der Waals surface area contributed by atoms with Crippen LogP contribution in [-0.4, -0.2) is 37.5 Å². The van der Waals surface area contributed by atoms with Gasteiger partial charge in [-0.25, -0.2) is 21.9 Å². The molecular formula is C9H10F2N2O5S. The van der Waals surface area contributed by atoms with Crippen molar-refractivity contribution in [2.75, 3.05) is 6.54 Å². The highest BCUT2D eigenvalue weighted by Gasteiger charge is 2.21. The maximum absolute atomic E-state index is 12.0. The summed E-state index contributed by atoms with van der Waals surface area (Å²) in [7, 11) is -4.10. The number of benzene rings is 1. The third-order valence-electron chi connectivity index (χ3n) is 2.13. The lowest BCUT2D eigenvalue weighted by Gasteiger charge is -2.11. The van der Waals surface area contributed by atoms with Crippen LogP contribution in [0.5, 0.6) is 0 Å². The molecule has 0 amide bonds. The van der Waals surface area contributed by atoms with Gasteiger partial charge in [-0.2, -0.15) is 0 Å². The molecule has 0 fully saturated rings. The Hall–Kier alpha value is -1.65. The summed E-state index contributed by atoms with van der Waals surface area (Å²) in [5.41, 5.74) is -0.299. The number of rotatable bonds is 6. The molecule has 10 heteroatoms. The van der Waals surface area contributed by atoms with Crippen molar-refractivity contribution in [2.45, 2.75) is 17.4 Å². The summed E-state index contributed by atoms with van der Waals surface area (Å²) < 4.78 is 49.0. The molecule has 1 rings (SSSR count). The smallest absolute Gasteiger partial charge is 0.269 e. The van der Waals surface area contributed by atoms with E-state index in [4.69, 9.17) is 5.11 Å². The Bertz CT molecular complexity index is 546. The van der Waals surface area contributed by atoms with E-state index >= 15 is 0 Å². The van der Waals surface area contributed by atoms with Gasteiger partial charge in [-0.1, -0.05) is 0 Å². The quantitative estimate of drug-likeness (QED) is 0.586. The van der Waals surface area contributed by atoms with E-state index in [1.807, 2.05) is 0 Å². The first kappa shape index (κ1) is 15.4. The average Bonchev–Trinajstić information content (AvgIpc) is 2.36. The lowest BCUT2D eigenvalue weighted by atomic mass is 10.3. The van der Waals surface area contributed by atoms with Gasteiger partial charge in [0.05, 0.1) is 9.82 Å². The second-order valence-electron chi connectivity index (χ2n) is 3.50. The molecule has 19 heavy (non-hydrogen) atoms. The summed E-state index contributed by atoms with van der Waals surface area (Å²) in [6, 6.07) is 3.88. The van der Waals surface area contributed by atoms with E-state index in [9.17, 15) is 27.3 Å². The molecule has 7 nitrogen and oxygen atoms in total. The third-order valence-corrected chi connectivity index (χ3v) is 3.57. The number of non-ortho nitro benzene ring substituents is 1. The summed E-state index contributed by atoms with van der Waals surface area (Å²) in [6.07, 6.45) is -5.19. The molecule has 0 heterocycles. The molecule has 2 N–H and O–H groups in total. The van der Waals surface area contributed by atoms with Crippen LogP contribution in [0.3, 0.4) is 0 Å². The lowest BCUT2D eigenvalue weighted by Crippen LogP contribution is -2.35. The summed E-state index contributed by atoms with van der Waals surface area (Å²) in [5, 5.41) is 19.2. The zero-order chi connectivity index (χ0) is 14.6. The highest BCUT2D eigenvalue weighted by molar-refractivity contribution is 7.89. The van der Waals surface area contributed by atoms with Crippen molar-refractivity contribution < 1.29 is 27.2 Å². The standard InChI is InChI=1S/C9H10F2N2O5S/c10-9(11)8(14)5-12-19(17,18)7-3-1-6(2-4-7)13(15)16/h1-4,8-9,12,14H,5H2. The first-order chi connectivity index (χ1) is 8.74. The topological polar surface area (TPSA) is 110 Å². The largest absolute Gasteiger partial charge is 0.386 e. The van der Waals surface area contributed by atoms with Crippen molar-refractivity contribution in [1.29, 1.82) is 0 Å². The Balaban J connectivity index is 2.80. The van der Waals surface area contributed by atoms with Gasteiger partial charge < -0.3 is 5.11 Å². The molecule has 1 atom stereocenters. The number of nitro groups is 1. The fraction of sp³-hybridized carbons (Fsp3) is 0.333. The van der Waals surface area contributed by atoms with Crippen LogP contribution < -0.4 is 4.72 Å². The van der Waals surface area contributed by atoms with E-state index in [0.717, 1.165) is 24.3 Å². The van der Waals surface area contributed by atoms with Gasteiger partial charge in [0.1, 0.15) is 6.10 Å². The van der Waals surface area contributed by atoms with Crippen LogP contribution >= 0.6 is 0 Å². The van der Waals surface area contributed by atoms with Gasteiger partial charge in [-0.15, -0.1) is 0 Å². The maximum atomic E-state index is 12.0. The molecular weight excluding hydrogens is 286 g/mol. The summed E-state index contributed by atoms with van der Waals surface area (Å²) in [4.78, 5) is 9.35. The van der Waals surface area contributed by atoms with E-state index in [-0.39, 0.29) is 10.6 Å². The number of hydrogen-bond donors (Lipinski definition) is 2. The van der Waals surface area contributed by atoms with Gasteiger partial charge in [0.15, 0.2) is 0 Å². The number of alkyl halides is 2. The average molecular weight is 296 g/mol. The number of hydrogen-bond acceptors (Lipinski definition) is 5. The maximum Gasteiger partial charge on any atom is 0.269 e. The van der Waals surface area contributed by atoms with Gasteiger partial charge in [-0.3, -0.25) is 10.1 Å². The SMILES string of the molecule is O=[N+]([O-])c1ccc(S(=O)(=O)NCC(O)C(F)F)cc1. The predicted octanol–water partition coefficient (Wildman–Crippen LogP) is 0.499. The second kappa shape index (κ2) is 5.99. The van der Waals surface area contributed by atoms with Crippen LogP contribution in [0, 0.1) is 10.1 Å². The normalized spacial score (nSPS) is 13.5. The molecule has 0 aromatic heterocycles. The molecule has 0 bridgehead atoms. The second-order valence-corrected chi connectivity index (χ2v) is 5.27. The van der Waals surface area contributed by atoms with E-state index < -0.39 is 34.0 Å². The molecule has 0 spiro atoms. The minimum atomic E-state index is -4.10. The van der Waals surface area contributed by atoms with Crippen LogP contribution in [0.15, 0.2) is 29.2 Å². The van der Waals surface area contributed by atoms with Crippen LogP contribution in [0.4, 0.5) is 14.5 Å². The molecule has 0 radical (unpaired) electrons. The molecule has 0 aliphatic heterocycles. The zero-order valence-corrected chi connectivity index (χ0v) is 10.2. The molecule has 0 aliphatic rings. The van der Waals surface area contributed by atoms with Crippen molar-refractivity contribution in [3.8, 4) is 0 Å². The number of nitro benzene ring substituents is 1. The van der Waals surface area contributed by atoms with Gasteiger partial charge in [-0.05, 0) is 12.1 Å². The van der Waals surface area contributed by atoms with Gasteiger partial charge in [0.2, 0.25) is 10.0 Å². The molecule has 1 unspecified atom stereocenters. The van der Waals surface area contributed by atoms with Crippen molar-refractivity contribution >= 4 is 15.7 Å². The van der Waals surface area contributed by atoms with E-state index in [1.165, 1.54) is 0 Å². The number of sulfonamides is 1. The fourth-order valence-electron chi connectivity index (χ4n) is 1.11. The fourth-order valence-corrected chi connectivity index (χ4v) is 2.17.